The molecule has 1 aliphatic rings. The van der Waals surface area contributed by atoms with E-state index in [1.54, 1.807) is 0 Å². The molecule has 1 atom stereocenters. The van der Waals surface area contributed by atoms with E-state index in [4.69, 9.17) is 5.73 Å². The maximum atomic E-state index is 11.7. The predicted octanol–water partition coefficient (Wildman–Crippen LogP) is 1.79. The molecular weight excluding hydrogens is 212 g/mol. The van der Waals surface area contributed by atoms with Gasteiger partial charge in [-0.25, -0.2) is 0 Å². The summed E-state index contributed by atoms with van der Waals surface area (Å²) < 4.78 is 0. The molecule has 0 saturated heterocycles. The highest BCUT2D eigenvalue weighted by Crippen LogP contribution is 2.32. The molecule has 1 unspecified atom stereocenters. The normalized spacial score (nSPS) is 18.5. The van der Waals surface area contributed by atoms with Gasteiger partial charge in [-0.15, -0.1) is 0 Å². The SMILES string of the molecule is CCC(CNC(=O)C1(N)CC1)c1ccccc1. The summed E-state index contributed by atoms with van der Waals surface area (Å²) in [6.07, 6.45) is 2.66. The van der Waals surface area contributed by atoms with E-state index in [0.29, 0.717) is 12.5 Å². The third kappa shape index (κ3) is 2.86. The van der Waals surface area contributed by atoms with Crippen molar-refractivity contribution < 1.29 is 4.79 Å². The first-order valence-corrected chi connectivity index (χ1v) is 6.28. The zero-order valence-electron chi connectivity index (χ0n) is 10.3. The largest absolute Gasteiger partial charge is 0.354 e. The summed E-state index contributed by atoms with van der Waals surface area (Å²) in [5.74, 6) is 0.384. The predicted molar refractivity (Wildman–Crippen MR) is 68.6 cm³/mol. The van der Waals surface area contributed by atoms with Crippen LogP contribution in [0.3, 0.4) is 0 Å². The summed E-state index contributed by atoms with van der Waals surface area (Å²) >= 11 is 0. The molecule has 3 heteroatoms. The molecule has 1 aromatic rings. The Morgan fingerprint density at radius 2 is 2.06 bits per heavy atom. The van der Waals surface area contributed by atoms with E-state index in [9.17, 15) is 4.79 Å². The van der Waals surface area contributed by atoms with E-state index in [1.807, 2.05) is 18.2 Å². The maximum absolute atomic E-state index is 11.7. The van der Waals surface area contributed by atoms with Gasteiger partial charge in [0.15, 0.2) is 0 Å². The van der Waals surface area contributed by atoms with E-state index in [1.165, 1.54) is 5.56 Å². The Balaban J connectivity index is 1.90. The van der Waals surface area contributed by atoms with Crippen molar-refractivity contribution in [1.82, 2.24) is 5.32 Å². The minimum Gasteiger partial charge on any atom is -0.354 e. The molecule has 3 nitrogen and oxygen atoms in total. The summed E-state index contributed by atoms with van der Waals surface area (Å²) in [6.45, 7) is 2.82. The first kappa shape index (κ1) is 12.1. The van der Waals surface area contributed by atoms with Crippen LogP contribution in [0.4, 0.5) is 0 Å². The lowest BCUT2D eigenvalue weighted by Gasteiger charge is -2.17. The van der Waals surface area contributed by atoms with Gasteiger partial charge in [0.25, 0.3) is 0 Å². The second-order valence-corrected chi connectivity index (χ2v) is 4.88. The van der Waals surface area contributed by atoms with Gasteiger partial charge in [0.2, 0.25) is 5.91 Å². The quantitative estimate of drug-likeness (QED) is 0.813. The van der Waals surface area contributed by atoms with Gasteiger partial charge in [0, 0.05) is 12.5 Å². The molecule has 1 aliphatic carbocycles. The fourth-order valence-corrected chi connectivity index (χ4v) is 1.98. The van der Waals surface area contributed by atoms with Crippen LogP contribution in [0, 0.1) is 0 Å². The minimum atomic E-state index is -0.561. The van der Waals surface area contributed by atoms with Crippen LogP contribution in [-0.4, -0.2) is 18.0 Å². The number of amides is 1. The van der Waals surface area contributed by atoms with Crippen molar-refractivity contribution in [3.05, 3.63) is 35.9 Å². The van der Waals surface area contributed by atoms with Crippen molar-refractivity contribution in [2.24, 2.45) is 5.73 Å². The number of nitrogens with one attached hydrogen (secondary N) is 1. The van der Waals surface area contributed by atoms with Gasteiger partial charge in [-0.2, -0.15) is 0 Å². The summed E-state index contributed by atoms with van der Waals surface area (Å²) in [6, 6.07) is 10.3. The van der Waals surface area contributed by atoms with E-state index >= 15 is 0 Å². The lowest BCUT2D eigenvalue weighted by atomic mass is 9.96. The third-order valence-corrected chi connectivity index (χ3v) is 3.51. The number of nitrogens with two attached hydrogens (primary N) is 1. The Labute approximate surface area is 102 Å². The summed E-state index contributed by atoms with van der Waals surface area (Å²) in [5, 5.41) is 2.97. The molecule has 1 fully saturated rings. The standard InChI is InChI=1S/C14H20N2O/c1-2-11(12-6-4-3-5-7-12)10-16-13(17)14(15)8-9-14/h3-7,11H,2,8-10,15H2,1H3,(H,16,17). The van der Waals surface area contributed by atoms with Crippen molar-refractivity contribution >= 4 is 5.91 Å². The molecule has 17 heavy (non-hydrogen) atoms. The van der Waals surface area contributed by atoms with Crippen LogP contribution < -0.4 is 11.1 Å². The van der Waals surface area contributed by atoms with Crippen LogP contribution in [0.5, 0.6) is 0 Å². The molecule has 1 saturated carbocycles. The molecule has 1 aromatic carbocycles. The zero-order chi connectivity index (χ0) is 12.3. The van der Waals surface area contributed by atoms with Crippen LogP contribution in [0.15, 0.2) is 30.3 Å². The van der Waals surface area contributed by atoms with E-state index in [2.05, 4.69) is 24.4 Å². The molecule has 0 bridgehead atoms. The Hall–Kier alpha value is -1.35. The Morgan fingerprint density at radius 3 is 2.59 bits per heavy atom. The molecule has 0 spiro atoms. The monoisotopic (exact) mass is 232 g/mol. The summed E-state index contributed by atoms with van der Waals surface area (Å²) in [4.78, 5) is 11.7. The zero-order valence-corrected chi connectivity index (χ0v) is 10.3. The fourth-order valence-electron chi connectivity index (χ4n) is 1.98. The second kappa shape index (κ2) is 4.88. The molecule has 0 aromatic heterocycles. The highest BCUT2D eigenvalue weighted by molar-refractivity contribution is 5.88. The number of carbonyl (C=O) groups excluding carboxylic acids is 1. The average Bonchev–Trinajstić information content (AvgIpc) is 3.11. The van der Waals surface area contributed by atoms with Crippen LogP contribution in [0.2, 0.25) is 0 Å². The number of benzene rings is 1. The molecule has 1 amide bonds. The van der Waals surface area contributed by atoms with Crippen LogP contribution in [0.25, 0.3) is 0 Å². The van der Waals surface area contributed by atoms with Crippen molar-refractivity contribution in [3.8, 4) is 0 Å². The van der Waals surface area contributed by atoms with Gasteiger partial charge < -0.3 is 11.1 Å². The molecule has 92 valence electrons. The fraction of sp³-hybridized carbons (Fsp3) is 0.500. The minimum absolute atomic E-state index is 0.00637. The second-order valence-electron chi connectivity index (χ2n) is 4.88. The number of hydrogen-bond donors (Lipinski definition) is 2. The maximum Gasteiger partial charge on any atom is 0.240 e. The van der Waals surface area contributed by atoms with Gasteiger partial charge in [-0.1, -0.05) is 37.3 Å². The molecule has 0 aliphatic heterocycles. The highest BCUT2D eigenvalue weighted by Gasteiger charge is 2.45. The highest BCUT2D eigenvalue weighted by atomic mass is 16.2. The first-order chi connectivity index (χ1) is 8.15. The van der Waals surface area contributed by atoms with E-state index in [0.717, 1.165) is 19.3 Å². The van der Waals surface area contributed by atoms with Crippen molar-refractivity contribution in [2.45, 2.75) is 37.6 Å². The van der Waals surface area contributed by atoms with E-state index < -0.39 is 5.54 Å². The lowest BCUT2D eigenvalue weighted by Crippen LogP contribution is -2.44. The number of carbonyl (C=O) groups is 1. The third-order valence-electron chi connectivity index (χ3n) is 3.51. The van der Waals surface area contributed by atoms with Crippen LogP contribution >= 0.6 is 0 Å². The summed E-state index contributed by atoms with van der Waals surface area (Å²) in [5.41, 5.74) is 6.56. The van der Waals surface area contributed by atoms with Gasteiger partial charge >= 0.3 is 0 Å². The first-order valence-electron chi connectivity index (χ1n) is 6.28. The molecular formula is C14H20N2O. The average molecular weight is 232 g/mol. The molecule has 0 radical (unpaired) electrons. The Morgan fingerprint density at radius 1 is 1.41 bits per heavy atom. The van der Waals surface area contributed by atoms with Crippen LogP contribution in [-0.2, 0) is 4.79 Å². The molecule has 3 N–H and O–H groups in total. The molecule has 0 heterocycles. The van der Waals surface area contributed by atoms with Gasteiger partial charge in [-0.3, -0.25) is 4.79 Å². The topological polar surface area (TPSA) is 55.1 Å². The van der Waals surface area contributed by atoms with E-state index in [-0.39, 0.29) is 5.91 Å². The van der Waals surface area contributed by atoms with Gasteiger partial charge in [-0.05, 0) is 24.8 Å². The molecule has 2 rings (SSSR count). The smallest absolute Gasteiger partial charge is 0.240 e. The number of rotatable bonds is 5. The summed E-state index contributed by atoms with van der Waals surface area (Å²) in [7, 11) is 0. The van der Waals surface area contributed by atoms with Crippen molar-refractivity contribution in [1.29, 1.82) is 0 Å². The van der Waals surface area contributed by atoms with Crippen molar-refractivity contribution in [3.63, 3.8) is 0 Å². The Kier molecular flexibility index (Phi) is 3.48. The van der Waals surface area contributed by atoms with Crippen LogP contribution in [0.1, 0.15) is 37.7 Å². The van der Waals surface area contributed by atoms with Gasteiger partial charge in [0.1, 0.15) is 0 Å². The number of hydrogen-bond acceptors (Lipinski definition) is 2. The van der Waals surface area contributed by atoms with Crippen molar-refractivity contribution in [2.75, 3.05) is 6.54 Å². The lowest BCUT2D eigenvalue weighted by molar-refractivity contribution is -0.123. The Bertz CT molecular complexity index is 384. The van der Waals surface area contributed by atoms with Gasteiger partial charge in [0.05, 0.1) is 5.54 Å².